The number of fused-ring (bicyclic) bond motifs is 3. The van der Waals surface area contributed by atoms with Crippen molar-refractivity contribution in [1.82, 2.24) is 4.90 Å². The molecular formula is C26H21ClN2O5S. The summed E-state index contributed by atoms with van der Waals surface area (Å²) in [5, 5.41) is 12.2. The maximum atomic E-state index is 12.9. The van der Waals surface area contributed by atoms with Crippen LogP contribution in [0.1, 0.15) is 27.4 Å². The maximum absolute atomic E-state index is 12.9. The summed E-state index contributed by atoms with van der Waals surface area (Å²) < 4.78 is 5.56. The molecule has 0 aromatic heterocycles. The first kappa shape index (κ1) is 23.3. The van der Waals surface area contributed by atoms with Crippen molar-refractivity contribution in [3.05, 3.63) is 88.4 Å². The topological polar surface area (TPSA) is 95.9 Å². The summed E-state index contributed by atoms with van der Waals surface area (Å²) in [6, 6.07) is 19.7. The molecule has 1 aliphatic carbocycles. The number of carbonyl (C=O) groups excluding carboxylic acids is 2. The van der Waals surface area contributed by atoms with Gasteiger partial charge in [0, 0.05) is 17.2 Å². The Balaban J connectivity index is 1.29. The second kappa shape index (κ2) is 9.64. The first-order valence-corrected chi connectivity index (χ1v) is 12.5. The monoisotopic (exact) mass is 508 g/mol. The van der Waals surface area contributed by atoms with Gasteiger partial charge >= 0.3 is 12.1 Å². The minimum atomic E-state index is -1.05. The van der Waals surface area contributed by atoms with E-state index in [1.807, 2.05) is 36.4 Å². The van der Waals surface area contributed by atoms with E-state index in [1.165, 1.54) is 34.9 Å². The van der Waals surface area contributed by atoms with Gasteiger partial charge in [0.15, 0.2) is 0 Å². The van der Waals surface area contributed by atoms with E-state index in [2.05, 4.69) is 17.4 Å². The quantitative estimate of drug-likeness (QED) is 0.485. The molecule has 1 heterocycles. The number of ether oxygens (including phenoxy) is 1. The van der Waals surface area contributed by atoms with Crippen LogP contribution < -0.4 is 5.32 Å². The molecule has 2 amide bonds. The average Bonchev–Trinajstić information content (AvgIpc) is 3.47. The number of amides is 2. The number of halogens is 1. The highest BCUT2D eigenvalue weighted by Gasteiger charge is 2.35. The van der Waals surface area contributed by atoms with Crippen LogP contribution in [0.5, 0.6) is 0 Å². The van der Waals surface area contributed by atoms with E-state index in [0.29, 0.717) is 5.75 Å². The van der Waals surface area contributed by atoms with E-state index in [9.17, 15) is 19.5 Å². The van der Waals surface area contributed by atoms with Crippen LogP contribution in [0.2, 0.25) is 5.02 Å². The molecule has 2 aliphatic rings. The molecule has 0 spiro atoms. The van der Waals surface area contributed by atoms with E-state index in [1.54, 1.807) is 0 Å². The Morgan fingerprint density at radius 3 is 2.34 bits per heavy atom. The Morgan fingerprint density at radius 1 is 1.03 bits per heavy atom. The Morgan fingerprint density at radius 2 is 1.69 bits per heavy atom. The number of rotatable bonds is 5. The largest absolute Gasteiger partial charge is 0.480 e. The van der Waals surface area contributed by atoms with Crippen LogP contribution in [-0.4, -0.2) is 52.3 Å². The number of nitrogens with zero attached hydrogens (tertiary/aromatic N) is 1. The SMILES string of the molecule is O=C(Nc1cc(C(=O)N2CSC[C@H]2C(=O)O)ccc1Cl)OCC1c2ccccc2-c2ccccc21. The van der Waals surface area contributed by atoms with E-state index in [-0.39, 0.29) is 34.7 Å². The molecule has 178 valence electrons. The van der Waals surface area contributed by atoms with Crippen molar-refractivity contribution in [3.8, 4) is 11.1 Å². The Labute approximate surface area is 211 Å². The predicted octanol–water partition coefficient (Wildman–Crippen LogP) is 5.30. The van der Waals surface area contributed by atoms with Gasteiger partial charge < -0.3 is 14.7 Å². The van der Waals surface area contributed by atoms with E-state index in [4.69, 9.17) is 16.3 Å². The minimum absolute atomic E-state index is 0.0860. The highest BCUT2D eigenvalue weighted by atomic mass is 35.5. The van der Waals surface area contributed by atoms with E-state index >= 15 is 0 Å². The fraction of sp³-hybridized carbons (Fsp3) is 0.192. The van der Waals surface area contributed by atoms with Gasteiger partial charge in [-0.1, -0.05) is 60.1 Å². The highest BCUT2D eigenvalue weighted by Crippen LogP contribution is 2.44. The normalized spacial score (nSPS) is 16.5. The van der Waals surface area contributed by atoms with Gasteiger partial charge in [-0.05, 0) is 40.5 Å². The molecule has 1 atom stereocenters. The lowest BCUT2D eigenvalue weighted by Gasteiger charge is -2.21. The van der Waals surface area contributed by atoms with Gasteiger partial charge in [0.1, 0.15) is 12.6 Å². The zero-order valence-corrected chi connectivity index (χ0v) is 20.0. The number of nitrogens with one attached hydrogen (secondary N) is 1. The number of hydrogen-bond acceptors (Lipinski definition) is 5. The van der Waals surface area contributed by atoms with E-state index in [0.717, 1.165) is 22.3 Å². The molecule has 1 saturated heterocycles. The number of thioether (sulfide) groups is 1. The lowest BCUT2D eigenvalue weighted by molar-refractivity contribution is -0.140. The molecule has 1 fully saturated rings. The van der Waals surface area contributed by atoms with Crippen LogP contribution in [0.3, 0.4) is 0 Å². The van der Waals surface area contributed by atoms with Crippen molar-refractivity contribution in [3.63, 3.8) is 0 Å². The molecule has 9 heteroatoms. The van der Waals surface area contributed by atoms with E-state index < -0.39 is 24.0 Å². The number of benzene rings is 3. The average molecular weight is 509 g/mol. The van der Waals surface area contributed by atoms with Crippen molar-refractivity contribution in [2.24, 2.45) is 0 Å². The third-order valence-electron chi connectivity index (χ3n) is 6.22. The van der Waals surface area contributed by atoms with Crippen LogP contribution in [0.25, 0.3) is 11.1 Å². The van der Waals surface area contributed by atoms with Crippen molar-refractivity contribution in [2.75, 3.05) is 23.6 Å². The molecule has 3 aromatic rings. The van der Waals surface area contributed by atoms with Gasteiger partial charge in [-0.15, -0.1) is 11.8 Å². The number of hydrogen-bond donors (Lipinski definition) is 2. The smallest absolute Gasteiger partial charge is 0.411 e. The van der Waals surface area contributed by atoms with Gasteiger partial charge in [-0.3, -0.25) is 10.1 Å². The minimum Gasteiger partial charge on any atom is -0.480 e. The van der Waals surface area contributed by atoms with Crippen LogP contribution in [-0.2, 0) is 9.53 Å². The molecule has 0 saturated carbocycles. The Bertz CT molecular complexity index is 1290. The first-order chi connectivity index (χ1) is 16.9. The van der Waals surface area contributed by atoms with Gasteiger partial charge in [0.25, 0.3) is 5.91 Å². The highest BCUT2D eigenvalue weighted by molar-refractivity contribution is 7.99. The fourth-order valence-electron chi connectivity index (χ4n) is 4.51. The molecule has 0 unspecified atom stereocenters. The number of carbonyl (C=O) groups is 3. The summed E-state index contributed by atoms with van der Waals surface area (Å²) in [4.78, 5) is 38.3. The third-order valence-corrected chi connectivity index (χ3v) is 7.56. The molecule has 0 bridgehead atoms. The molecule has 1 aliphatic heterocycles. The Hall–Kier alpha value is -3.49. The molecule has 2 N–H and O–H groups in total. The number of carboxylic acids is 1. The lowest BCUT2D eigenvalue weighted by Crippen LogP contribution is -2.41. The molecule has 0 radical (unpaired) electrons. The fourth-order valence-corrected chi connectivity index (χ4v) is 5.82. The first-order valence-electron chi connectivity index (χ1n) is 11.0. The van der Waals surface area contributed by atoms with Gasteiger partial charge in [-0.25, -0.2) is 9.59 Å². The van der Waals surface area contributed by atoms with Gasteiger partial charge in [0.2, 0.25) is 0 Å². The predicted molar refractivity (Wildman–Crippen MR) is 135 cm³/mol. The number of anilines is 1. The van der Waals surface area contributed by atoms with Crippen LogP contribution in [0.4, 0.5) is 10.5 Å². The Kier molecular flexibility index (Phi) is 6.40. The molecule has 35 heavy (non-hydrogen) atoms. The zero-order valence-electron chi connectivity index (χ0n) is 18.4. The zero-order chi connectivity index (χ0) is 24.5. The van der Waals surface area contributed by atoms with Gasteiger partial charge in [-0.2, -0.15) is 0 Å². The summed E-state index contributed by atoms with van der Waals surface area (Å²) in [5.41, 5.74) is 4.91. The molecule has 3 aromatic carbocycles. The summed E-state index contributed by atoms with van der Waals surface area (Å²) in [5.74, 6) is -0.950. The summed E-state index contributed by atoms with van der Waals surface area (Å²) in [6.45, 7) is 0.140. The van der Waals surface area contributed by atoms with Crippen molar-refractivity contribution >= 4 is 47.0 Å². The van der Waals surface area contributed by atoms with Crippen LogP contribution >= 0.6 is 23.4 Å². The number of aliphatic carboxylic acids is 1. The lowest BCUT2D eigenvalue weighted by atomic mass is 9.98. The van der Waals surface area contributed by atoms with Crippen LogP contribution in [0.15, 0.2) is 66.7 Å². The molecular weight excluding hydrogens is 488 g/mol. The standard InChI is InChI=1S/C26H21ClN2O5S/c27-21-10-9-15(24(30)29-14-35-13-23(29)25(31)32)11-22(21)28-26(33)34-12-20-18-7-3-1-5-16(18)17-6-2-4-8-19(17)20/h1-11,20,23H,12-14H2,(H,28,33)(H,31,32)/t23-/m0/s1. The second-order valence-electron chi connectivity index (χ2n) is 8.27. The van der Waals surface area contributed by atoms with Gasteiger partial charge in [0.05, 0.1) is 16.6 Å². The summed E-state index contributed by atoms with van der Waals surface area (Å²) in [7, 11) is 0. The molecule has 5 rings (SSSR count). The molecule has 7 nitrogen and oxygen atoms in total. The number of carboxylic acid groups (broad SMARTS) is 1. The second-order valence-corrected chi connectivity index (χ2v) is 9.68. The summed E-state index contributed by atoms with van der Waals surface area (Å²) in [6.07, 6.45) is -0.696. The maximum Gasteiger partial charge on any atom is 0.411 e. The van der Waals surface area contributed by atoms with Crippen LogP contribution in [0, 0.1) is 0 Å². The van der Waals surface area contributed by atoms with Crippen molar-refractivity contribution in [1.29, 1.82) is 0 Å². The van der Waals surface area contributed by atoms with Crippen molar-refractivity contribution in [2.45, 2.75) is 12.0 Å². The third kappa shape index (κ3) is 4.47. The van der Waals surface area contributed by atoms with Crippen molar-refractivity contribution < 1.29 is 24.2 Å². The summed E-state index contributed by atoms with van der Waals surface area (Å²) >= 11 is 7.63.